The van der Waals surface area contributed by atoms with Crippen molar-refractivity contribution in [3.05, 3.63) is 74.6 Å². The molecule has 0 saturated heterocycles. The van der Waals surface area contributed by atoms with Gasteiger partial charge >= 0.3 is 5.63 Å². The third-order valence-electron chi connectivity index (χ3n) is 6.15. The van der Waals surface area contributed by atoms with Crippen molar-refractivity contribution in [2.75, 3.05) is 4.72 Å². The van der Waals surface area contributed by atoms with Crippen LogP contribution in [-0.2, 0) is 16.4 Å². The number of rotatable bonds is 7. The molecule has 1 atom stereocenters. The zero-order valence-corrected chi connectivity index (χ0v) is 21.4. The summed E-state index contributed by atoms with van der Waals surface area (Å²) in [5.41, 5.74) is 0.485. The maximum Gasteiger partial charge on any atom is 0.343 e. The number of sulfonamides is 1. The fraction of sp³-hybridized carbons (Fsp3) is 0.385. The van der Waals surface area contributed by atoms with Crippen LogP contribution in [0.2, 0.25) is 0 Å². The van der Waals surface area contributed by atoms with E-state index in [9.17, 15) is 23.1 Å². The Hall–Kier alpha value is -2.91. The molecule has 7 nitrogen and oxygen atoms in total. The maximum absolute atomic E-state index is 13.1. The molecule has 0 fully saturated rings. The van der Waals surface area contributed by atoms with Gasteiger partial charge in [-0.2, -0.15) is 0 Å². The molecule has 9 heteroatoms. The van der Waals surface area contributed by atoms with Crippen molar-refractivity contribution in [1.82, 2.24) is 0 Å². The fourth-order valence-corrected chi connectivity index (χ4v) is 6.60. The van der Waals surface area contributed by atoms with Gasteiger partial charge < -0.3 is 9.52 Å². The van der Waals surface area contributed by atoms with Crippen LogP contribution in [0.1, 0.15) is 79.1 Å². The van der Waals surface area contributed by atoms with Crippen molar-refractivity contribution >= 4 is 32.8 Å². The van der Waals surface area contributed by atoms with Crippen LogP contribution in [0.5, 0.6) is 5.75 Å². The summed E-state index contributed by atoms with van der Waals surface area (Å²) in [6.45, 7) is 3.99. The molecule has 2 heterocycles. The minimum absolute atomic E-state index is 0.0460. The molecule has 1 aliphatic carbocycles. The van der Waals surface area contributed by atoms with E-state index in [0.717, 1.165) is 30.6 Å². The number of carbonyl (C=O) groups excluding carboxylic acids is 1. The number of hydrogen-bond donors (Lipinski definition) is 2. The molecule has 3 aromatic rings. The van der Waals surface area contributed by atoms with Gasteiger partial charge in [-0.15, -0.1) is 11.3 Å². The Morgan fingerprint density at radius 2 is 1.86 bits per heavy atom. The molecule has 0 amide bonds. The lowest BCUT2D eigenvalue weighted by molar-refractivity contribution is 0.0968. The highest BCUT2D eigenvalue weighted by Gasteiger charge is 2.31. The van der Waals surface area contributed by atoms with Crippen LogP contribution in [-0.4, -0.2) is 19.3 Å². The number of aryl methyl sites for hydroxylation is 1. The van der Waals surface area contributed by atoms with Gasteiger partial charge in [-0.3, -0.25) is 9.52 Å². The summed E-state index contributed by atoms with van der Waals surface area (Å²) in [6, 6.07) is 9.97. The molecule has 1 unspecified atom stereocenters. The van der Waals surface area contributed by atoms with Crippen molar-refractivity contribution in [1.29, 1.82) is 0 Å². The van der Waals surface area contributed by atoms with E-state index in [2.05, 4.69) is 4.72 Å². The van der Waals surface area contributed by atoms with Gasteiger partial charge in [0.05, 0.1) is 11.1 Å². The van der Waals surface area contributed by atoms with Gasteiger partial charge in [0, 0.05) is 24.4 Å². The SMILES string of the molecule is CC(C)CC(c1cccc(NS(=O)(=O)c2cccs2)c1)c1c(O)c2c(oc1=O)CCCCCC2=O. The normalized spacial score (nSPS) is 15.3. The Kier molecular flexibility index (Phi) is 7.47. The summed E-state index contributed by atoms with van der Waals surface area (Å²) in [5, 5.41) is 12.9. The first kappa shape index (κ1) is 25.2. The first-order valence-corrected chi connectivity index (χ1v) is 14.1. The molecule has 4 rings (SSSR count). The zero-order chi connectivity index (χ0) is 25.2. The minimum Gasteiger partial charge on any atom is -0.506 e. The van der Waals surface area contributed by atoms with Crippen molar-refractivity contribution in [3.63, 3.8) is 0 Å². The number of carbonyl (C=O) groups is 1. The van der Waals surface area contributed by atoms with E-state index in [1.165, 1.54) is 6.07 Å². The molecule has 0 bridgehead atoms. The second-order valence-corrected chi connectivity index (χ2v) is 12.1. The van der Waals surface area contributed by atoms with Gasteiger partial charge in [0.25, 0.3) is 10.0 Å². The first-order valence-electron chi connectivity index (χ1n) is 11.8. The first-order chi connectivity index (χ1) is 16.7. The van der Waals surface area contributed by atoms with E-state index in [0.29, 0.717) is 30.5 Å². The highest BCUT2D eigenvalue weighted by atomic mass is 32.2. The predicted molar refractivity (Wildman–Crippen MR) is 136 cm³/mol. The number of anilines is 1. The van der Waals surface area contributed by atoms with E-state index in [1.807, 2.05) is 13.8 Å². The highest BCUT2D eigenvalue weighted by molar-refractivity contribution is 7.94. The van der Waals surface area contributed by atoms with Crippen LogP contribution in [0, 0.1) is 5.92 Å². The standard InChI is InChI=1S/C26H29NO6S2/c1-16(2)14-19(17-8-6-9-18(15-17)27-35(31,32)22-12-7-13-34-22)23-25(29)24-20(28)10-4-3-5-11-21(24)33-26(23)30/h6-9,12-13,15-16,19,27,29H,3-5,10-11,14H2,1-2H3. The van der Waals surface area contributed by atoms with E-state index in [4.69, 9.17) is 4.42 Å². The third-order valence-corrected chi connectivity index (χ3v) is 8.93. The Labute approximate surface area is 208 Å². The number of ketones is 1. The van der Waals surface area contributed by atoms with Gasteiger partial charge in [0.2, 0.25) is 0 Å². The van der Waals surface area contributed by atoms with Crippen molar-refractivity contribution < 1.29 is 22.7 Å². The lowest BCUT2D eigenvalue weighted by Crippen LogP contribution is -2.21. The molecule has 186 valence electrons. The van der Waals surface area contributed by atoms with E-state index < -0.39 is 21.6 Å². The van der Waals surface area contributed by atoms with Crippen LogP contribution in [0.15, 0.2) is 55.2 Å². The monoisotopic (exact) mass is 515 g/mol. The number of fused-ring (bicyclic) bond motifs is 1. The third kappa shape index (κ3) is 5.51. The molecular formula is C26H29NO6S2. The second-order valence-electron chi connectivity index (χ2n) is 9.28. The number of benzene rings is 1. The number of thiophene rings is 1. The second kappa shape index (κ2) is 10.4. The molecular weight excluding hydrogens is 486 g/mol. The zero-order valence-electron chi connectivity index (χ0n) is 19.7. The Bertz CT molecular complexity index is 1370. The Morgan fingerprint density at radius 3 is 2.57 bits per heavy atom. The quantitative estimate of drug-likeness (QED) is 0.418. The summed E-state index contributed by atoms with van der Waals surface area (Å²) in [7, 11) is -3.75. The molecule has 0 radical (unpaired) electrons. The summed E-state index contributed by atoms with van der Waals surface area (Å²) >= 11 is 1.12. The van der Waals surface area contributed by atoms with E-state index in [1.54, 1.807) is 35.7 Å². The Morgan fingerprint density at radius 1 is 1.09 bits per heavy atom. The molecule has 2 N–H and O–H groups in total. The number of aromatic hydroxyl groups is 1. The number of Topliss-reactive ketones (excluding diaryl/α,β-unsaturated/α-hetero) is 1. The van der Waals surface area contributed by atoms with Crippen LogP contribution in [0.4, 0.5) is 5.69 Å². The molecule has 2 aromatic heterocycles. The van der Waals surface area contributed by atoms with Crippen LogP contribution >= 0.6 is 11.3 Å². The van der Waals surface area contributed by atoms with Gasteiger partial charge in [-0.05, 0) is 54.3 Å². The number of nitrogens with one attached hydrogen (secondary N) is 1. The van der Waals surface area contributed by atoms with Crippen LogP contribution in [0.3, 0.4) is 0 Å². The molecule has 0 saturated carbocycles. The lowest BCUT2D eigenvalue weighted by Gasteiger charge is -2.23. The highest BCUT2D eigenvalue weighted by Crippen LogP contribution is 2.39. The summed E-state index contributed by atoms with van der Waals surface area (Å²) < 4.78 is 33.8. The smallest absolute Gasteiger partial charge is 0.343 e. The van der Waals surface area contributed by atoms with Crippen molar-refractivity contribution in [2.24, 2.45) is 5.92 Å². The van der Waals surface area contributed by atoms with Crippen LogP contribution in [0.25, 0.3) is 0 Å². The minimum atomic E-state index is -3.75. The molecule has 1 aliphatic rings. The summed E-state index contributed by atoms with van der Waals surface area (Å²) in [5.74, 6) is -0.716. The summed E-state index contributed by atoms with van der Waals surface area (Å²) in [6.07, 6.45) is 3.59. The molecule has 0 spiro atoms. The van der Waals surface area contributed by atoms with Crippen LogP contribution < -0.4 is 10.3 Å². The van der Waals surface area contributed by atoms with Gasteiger partial charge in [0.15, 0.2) is 5.78 Å². The molecule has 0 aliphatic heterocycles. The fourth-order valence-electron chi connectivity index (χ4n) is 4.56. The maximum atomic E-state index is 13.1. The lowest BCUT2D eigenvalue weighted by atomic mass is 9.83. The van der Waals surface area contributed by atoms with Crippen molar-refractivity contribution in [3.8, 4) is 5.75 Å². The van der Waals surface area contributed by atoms with E-state index in [-0.39, 0.29) is 38.5 Å². The number of hydrogen-bond acceptors (Lipinski definition) is 7. The molecule has 1 aromatic carbocycles. The average Bonchev–Trinajstić information content (AvgIpc) is 3.32. The van der Waals surface area contributed by atoms with Gasteiger partial charge in [0.1, 0.15) is 15.7 Å². The molecule has 35 heavy (non-hydrogen) atoms. The summed E-state index contributed by atoms with van der Waals surface area (Å²) in [4.78, 5) is 26.0. The van der Waals surface area contributed by atoms with Gasteiger partial charge in [-0.1, -0.05) is 38.5 Å². The largest absolute Gasteiger partial charge is 0.506 e. The Balaban J connectivity index is 1.79. The van der Waals surface area contributed by atoms with Gasteiger partial charge in [-0.25, -0.2) is 13.2 Å². The van der Waals surface area contributed by atoms with Crippen molar-refractivity contribution in [2.45, 2.75) is 62.5 Å². The van der Waals surface area contributed by atoms with E-state index >= 15 is 0 Å². The topological polar surface area (TPSA) is 114 Å². The predicted octanol–water partition coefficient (Wildman–Crippen LogP) is 5.68. The average molecular weight is 516 g/mol.